The Bertz CT molecular complexity index is 949. The Hall–Kier alpha value is -3.35. The van der Waals surface area contributed by atoms with Crippen molar-refractivity contribution in [3.8, 4) is 11.1 Å². The molecule has 0 saturated heterocycles. The third-order valence-electron chi connectivity index (χ3n) is 4.98. The van der Waals surface area contributed by atoms with Crippen molar-refractivity contribution in [1.82, 2.24) is 10.2 Å². The van der Waals surface area contributed by atoms with E-state index in [1.807, 2.05) is 68.4 Å². The average Bonchev–Trinajstić information content (AvgIpc) is 2.75. The SMILES string of the molecule is CC(C)CN(CCC(=O)OC(C)(C)C)C(=O)N[C@@H](Cc1ccc(-c2ccccc2)cc1)C(=O)O. The number of hydrogen-bond donors (Lipinski definition) is 2. The van der Waals surface area contributed by atoms with Gasteiger partial charge in [-0.25, -0.2) is 9.59 Å². The topological polar surface area (TPSA) is 95.9 Å². The van der Waals surface area contributed by atoms with Gasteiger partial charge < -0.3 is 20.1 Å². The van der Waals surface area contributed by atoms with Crippen LogP contribution in [0, 0.1) is 5.92 Å². The predicted molar refractivity (Wildman–Crippen MR) is 132 cm³/mol. The van der Waals surface area contributed by atoms with Crippen molar-refractivity contribution in [3.05, 3.63) is 60.2 Å². The molecule has 34 heavy (non-hydrogen) atoms. The van der Waals surface area contributed by atoms with Crippen molar-refractivity contribution in [2.24, 2.45) is 5.92 Å². The molecule has 7 nitrogen and oxygen atoms in total. The molecule has 0 saturated carbocycles. The molecule has 0 radical (unpaired) electrons. The highest BCUT2D eigenvalue weighted by Crippen LogP contribution is 2.20. The van der Waals surface area contributed by atoms with Crippen LogP contribution in [0.4, 0.5) is 4.79 Å². The summed E-state index contributed by atoms with van der Waals surface area (Å²) >= 11 is 0. The van der Waals surface area contributed by atoms with Gasteiger partial charge in [-0.3, -0.25) is 4.79 Å². The fourth-order valence-electron chi connectivity index (χ4n) is 3.48. The van der Waals surface area contributed by atoms with Crippen molar-refractivity contribution in [1.29, 1.82) is 0 Å². The summed E-state index contributed by atoms with van der Waals surface area (Å²) in [7, 11) is 0. The number of carboxylic acid groups (broad SMARTS) is 1. The van der Waals surface area contributed by atoms with E-state index in [2.05, 4.69) is 5.32 Å². The quantitative estimate of drug-likeness (QED) is 0.491. The van der Waals surface area contributed by atoms with Crippen LogP contribution in [0.25, 0.3) is 11.1 Å². The second kappa shape index (κ2) is 12.2. The first-order valence-electron chi connectivity index (χ1n) is 11.6. The Balaban J connectivity index is 2.04. The van der Waals surface area contributed by atoms with Crippen LogP contribution < -0.4 is 5.32 Å². The number of esters is 1. The van der Waals surface area contributed by atoms with Crippen molar-refractivity contribution < 1.29 is 24.2 Å². The maximum absolute atomic E-state index is 12.9. The number of amides is 2. The molecule has 0 aromatic heterocycles. The highest BCUT2D eigenvalue weighted by atomic mass is 16.6. The molecular formula is C27H36N2O5. The summed E-state index contributed by atoms with van der Waals surface area (Å²) in [6.07, 6.45) is 0.188. The summed E-state index contributed by atoms with van der Waals surface area (Å²) in [6.45, 7) is 9.81. The number of carboxylic acids is 1. The van der Waals surface area contributed by atoms with E-state index in [0.717, 1.165) is 16.7 Å². The fourth-order valence-corrected chi connectivity index (χ4v) is 3.48. The number of benzene rings is 2. The fraction of sp³-hybridized carbons (Fsp3) is 0.444. The molecule has 1 atom stereocenters. The summed E-state index contributed by atoms with van der Waals surface area (Å²) in [5.74, 6) is -1.36. The van der Waals surface area contributed by atoms with Crippen LogP contribution in [0.5, 0.6) is 0 Å². The van der Waals surface area contributed by atoms with Gasteiger partial charge in [0.15, 0.2) is 0 Å². The minimum Gasteiger partial charge on any atom is -0.480 e. The summed E-state index contributed by atoms with van der Waals surface area (Å²) in [5, 5.41) is 12.3. The Kier molecular flexibility index (Phi) is 9.66. The van der Waals surface area contributed by atoms with E-state index < -0.39 is 29.6 Å². The van der Waals surface area contributed by atoms with Gasteiger partial charge in [0.2, 0.25) is 0 Å². The maximum Gasteiger partial charge on any atom is 0.326 e. The Morgan fingerprint density at radius 3 is 2.09 bits per heavy atom. The molecular weight excluding hydrogens is 432 g/mol. The van der Waals surface area contributed by atoms with Gasteiger partial charge in [-0.05, 0) is 43.4 Å². The lowest BCUT2D eigenvalue weighted by atomic mass is 10.0. The van der Waals surface area contributed by atoms with Gasteiger partial charge in [0, 0.05) is 19.5 Å². The molecule has 2 aromatic rings. The molecule has 0 aliphatic heterocycles. The molecule has 2 aromatic carbocycles. The van der Waals surface area contributed by atoms with Crippen LogP contribution in [0.2, 0.25) is 0 Å². The van der Waals surface area contributed by atoms with E-state index in [-0.39, 0.29) is 25.3 Å². The zero-order valence-corrected chi connectivity index (χ0v) is 20.7. The molecule has 0 aliphatic carbocycles. The first kappa shape index (κ1) is 26.9. The van der Waals surface area contributed by atoms with Gasteiger partial charge in [0.25, 0.3) is 0 Å². The average molecular weight is 469 g/mol. The molecule has 0 spiro atoms. The van der Waals surface area contributed by atoms with Gasteiger partial charge in [0.1, 0.15) is 11.6 Å². The van der Waals surface area contributed by atoms with E-state index in [9.17, 15) is 19.5 Å². The lowest BCUT2D eigenvalue weighted by Crippen LogP contribution is -2.50. The summed E-state index contributed by atoms with van der Waals surface area (Å²) in [6, 6.07) is 15.9. The lowest BCUT2D eigenvalue weighted by molar-refractivity contribution is -0.155. The molecule has 0 heterocycles. The first-order valence-corrected chi connectivity index (χ1v) is 11.6. The Morgan fingerprint density at radius 2 is 1.56 bits per heavy atom. The minimum atomic E-state index is -1.11. The van der Waals surface area contributed by atoms with Crippen LogP contribution in [-0.4, -0.2) is 52.7 Å². The number of nitrogens with one attached hydrogen (secondary N) is 1. The van der Waals surface area contributed by atoms with E-state index in [1.165, 1.54) is 4.90 Å². The molecule has 0 unspecified atom stereocenters. The van der Waals surface area contributed by atoms with Crippen LogP contribution >= 0.6 is 0 Å². The van der Waals surface area contributed by atoms with Crippen LogP contribution in [0.3, 0.4) is 0 Å². The van der Waals surface area contributed by atoms with E-state index >= 15 is 0 Å². The van der Waals surface area contributed by atoms with Gasteiger partial charge in [-0.15, -0.1) is 0 Å². The van der Waals surface area contributed by atoms with Crippen molar-refractivity contribution in [3.63, 3.8) is 0 Å². The number of carbonyl (C=O) groups is 3. The second-order valence-corrected chi connectivity index (χ2v) is 9.78. The smallest absolute Gasteiger partial charge is 0.326 e. The number of rotatable bonds is 10. The number of aliphatic carboxylic acids is 1. The van der Waals surface area contributed by atoms with Crippen LogP contribution in [-0.2, 0) is 20.7 Å². The normalized spacial score (nSPS) is 12.2. The Labute approximate surface area is 202 Å². The van der Waals surface area contributed by atoms with Crippen molar-refractivity contribution in [2.75, 3.05) is 13.1 Å². The van der Waals surface area contributed by atoms with E-state index in [0.29, 0.717) is 6.54 Å². The zero-order valence-electron chi connectivity index (χ0n) is 20.7. The number of nitrogens with zero attached hydrogens (tertiary/aromatic N) is 1. The molecule has 2 amide bonds. The highest BCUT2D eigenvalue weighted by molar-refractivity contribution is 5.83. The van der Waals surface area contributed by atoms with Crippen molar-refractivity contribution >= 4 is 18.0 Å². The Morgan fingerprint density at radius 1 is 0.971 bits per heavy atom. The highest BCUT2D eigenvalue weighted by Gasteiger charge is 2.25. The zero-order chi connectivity index (χ0) is 25.3. The predicted octanol–water partition coefficient (Wildman–Crippen LogP) is 4.75. The van der Waals surface area contributed by atoms with Gasteiger partial charge in [-0.1, -0.05) is 68.4 Å². The summed E-state index contributed by atoms with van der Waals surface area (Å²) < 4.78 is 5.32. The van der Waals surface area contributed by atoms with Crippen LogP contribution in [0.15, 0.2) is 54.6 Å². The largest absolute Gasteiger partial charge is 0.480 e. The molecule has 2 N–H and O–H groups in total. The molecule has 7 heteroatoms. The third kappa shape index (κ3) is 9.25. The van der Waals surface area contributed by atoms with Gasteiger partial charge in [0.05, 0.1) is 6.42 Å². The van der Waals surface area contributed by atoms with Crippen molar-refractivity contribution in [2.45, 2.75) is 59.1 Å². The monoisotopic (exact) mass is 468 g/mol. The van der Waals surface area contributed by atoms with Crippen LogP contribution in [0.1, 0.15) is 46.6 Å². The van der Waals surface area contributed by atoms with Gasteiger partial charge in [-0.2, -0.15) is 0 Å². The summed E-state index contributed by atoms with van der Waals surface area (Å²) in [5.41, 5.74) is 2.31. The number of hydrogen-bond acceptors (Lipinski definition) is 4. The first-order chi connectivity index (χ1) is 15.9. The molecule has 2 rings (SSSR count). The molecule has 184 valence electrons. The summed E-state index contributed by atoms with van der Waals surface area (Å²) in [4.78, 5) is 38.4. The number of ether oxygens (including phenoxy) is 1. The second-order valence-electron chi connectivity index (χ2n) is 9.78. The standard InChI is InChI=1S/C27H36N2O5/c1-19(2)18-29(16-15-24(30)34-27(3,4)5)26(33)28-23(25(31)32)17-20-11-13-22(14-12-20)21-9-7-6-8-10-21/h6-14,19,23H,15-18H2,1-5H3,(H,28,33)(H,31,32)/t23-/m0/s1. The molecule has 0 aliphatic rings. The van der Waals surface area contributed by atoms with Gasteiger partial charge >= 0.3 is 18.0 Å². The lowest BCUT2D eigenvalue weighted by Gasteiger charge is -2.27. The number of carbonyl (C=O) groups excluding carboxylic acids is 2. The van der Waals surface area contributed by atoms with E-state index in [4.69, 9.17) is 4.74 Å². The third-order valence-corrected chi connectivity index (χ3v) is 4.98. The molecule has 0 fully saturated rings. The number of urea groups is 1. The minimum absolute atomic E-state index is 0.0378. The van der Waals surface area contributed by atoms with E-state index in [1.54, 1.807) is 20.8 Å². The maximum atomic E-state index is 12.9. The molecule has 0 bridgehead atoms.